The van der Waals surface area contributed by atoms with E-state index in [0.717, 1.165) is 17.7 Å². The molecule has 31 heavy (non-hydrogen) atoms. The lowest BCUT2D eigenvalue weighted by atomic mass is 10.1. The van der Waals surface area contributed by atoms with Gasteiger partial charge in [0.15, 0.2) is 0 Å². The smallest absolute Gasteiger partial charge is 0.265 e. The number of aromatic nitrogens is 2. The number of nitrogens with zero attached hydrogens (tertiary/aromatic N) is 3. The molecule has 0 saturated heterocycles. The number of anilines is 1. The van der Waals surface area contributed by atoms with Crippen LogP contribution >= 0.6 is 0 Å². The van der Waals surface area contributed by atoms with E-state index < -0.39 is 11.4 Å². The van der Waals surface area contributed by atoms with Crippen molar-refractivity contribution in [2.24, 2.45) is 0 Å². The summed E-state index contributed by atoms with van der Waals surface area (Å²) in [5.74, 6) is -0.757. The van der Waals surface area contributed by atoms with E-state index in [1.165, 1.54) is 10.6 Å². The predicted molar refractivity (Wildman–Crippen MR) is 118 cm³/mol. The number of carbonyl (C=O) groups excluding carboxylic acids is 1. The molecule has 0 bridgehead atoms. The molecule has 1 aliphatic heterocycles. The summed E-state index contributed by atoms with van der Waals surface area (Å²) in [7, 11) is 0. The van der Waals surface area contributed by atoms with Gasteiger partial charge in [-0.15, -0.1) is 0 Å². The third-order valence-corrected chi connectivity index (χ3v) is 5.79. The Balaban J connectivity index is 1.67. The number of fused-ring (bicyclic) bond motifs is 2. The summed E-state index contributed by atoms with van der Waals surface area (Å²) >= 11 is 0. The van der Waals surface area contributed by atoms with Crippen LogP contribution in [0.15, 0.2) is 77.7 Å². The van der Waals surface area contributed by atoms with Gasteiger partial charge in [0, 0.05) is 28.9 Å². The number of para-hydroxylation sites is 1. The molecule has 5 rings (SSSR count). The fraction of sp³-hybridized carbons (Fsp3) is 0.160. The predicted octanol–water partition coefficient (Wildman–Crippen LogP) is 4.18. The Labute approximate surface area is 178 Å². The largest absolute Gasteiger partial charge is 0.305 e. The van der Waals surface area contributed by atoms with Gasteiger partial charge in [-0.1, -0.05) is 36.4 Å². The standard InChI is InChI=1S/C25H20FN3O2/c1-16-13-17-7-3-5-11-22(17)29(16)25(31)20-14-18-9-6-12-27-23(18)28(24(20)30)15-19-8-2-4-10-21(19)26/h2-12,14,16H,13,15H2,1H3/t16-/m1/s1. The molecular formula is C25H20FN3O2. The van der Waals surface area contributed by atoms with E-state index in [0.29, 0.717) is 16.6 Å². The third kappa shape index (κ3) is 3.20. The van der Waals surface area contributed by atoms with Crippen LogP contribution in [-0.2, 0) is 13.0 Å². The van der Waals surface area contributed by atoms with Crippen LogP contribution in [-0.4, -0.2) is 21.5 Å². The van der Waals surface area contributed by atoms with Crippen molar-refractivity contribution in [3.05, 3.63) is 106 Å². The molecule has 0 N–H and O–H groups in total. The Morgan fingerprint density at radius 2 is 1.87 bits per heavy atom. The highest BCUT2D eigenvalue weighted by atomic mass is 19.1. The quantitative estimate of drug-likeness (QED) is 0.506. The Bertz CT molecular complexity index is 1380. The van der Waals surface area contributed by atoms with Gasteiger partial charge in [-0.25, -0.2) is 9.37 Å². The molecule has 2 aromatic carbocycles. The molecule has 0 fully saturated rings. The lowest BCUT2D eigenvalue weighted by molar-refractivity contribution is 0.0979. The summed E-state index contributed by atoms with van der Waals surface area (Å²) < 4.78 is 15.7. The van der Waals surface area contributed by atoms with Gasteiger partial charge in [-0.05, 0) is 49.2 Å². The second-order valence-electron chi connectivity index (χ2n) is 7.81. The number of halogens is 1. The fourth-order valence-corrected chi connectivity index (χ4v) is 4.31. The van der Waals surface area contributed by atoms with E-state index in [4.69, 9.17) is 0 Å². The molecule has 1 atom stereocenters. The Morgan fingerprint density at radius 3 is 2.71 bits per heavy atom. The van der Waals surface area contributed by atoms with E-state index in [1.807, 2.05) is 31.2 Å². The van der Waals surface area contributed by atoms with Gasteiger partial charge in [0.1, 0.15) is 17.0 Å². The van der Waals surface area contributed by atoms with Crippen LogP contribution in [0.25, 0.3) is 11.0 Å². The van der Waals surface area contributed by atoms with Crippen LogP contribution < -0.4 is 10.5 Å². The Morgan fingerprint density at radius 1 is 1.10 bits per heavy atom. The van der Waals surface area contributed by atoms with Crippen molar-refractivity contribution in [3.63, 3.8) is 0 Å². The fourth-order valence-electron chi connectivity index (χ4n) is 4.31. The van der Waals surface area contributed by atoms with E-state index in [-0.39, 0.29) is 24.1 Å². The third-order valence-electron chi connectivity index (χ3n) is 5.79. The maximum absolute atomic E-state index is 14.3. The molecule has 3 heterocycles. The van der Waals surface area contributed by atoms with Gasteiger partial charge >= 0.3 is 0 Å². The average molecular weight is 413 g/mol. The normalized spacial score (nSPS) is 15.3. The monoisotopic (exact) mass is 413 g/mol. The molecule has 0 saturated carbocycles. The highest BCUT2D eigenvalue weighted by molar-refractivity contribution is 6.08. The molecular weight excluding hydrogens is 393 g/mol. The highest BCUT2D eigenvalue weighted by Gasteiger charge is 2.33. The number of rotatable bonds is 3. The zero-order valence-electron chi connectivity index (χ0n) is 17.0. The van der Waals surface area contributed by atoms with E-state index >= 15 is 0 Å². The first kappa shape index (κ1) is 19.2. The van der Waals surface area contributed by atoms with Crippen molar-refractivity contribution in [2.75, 3.05) is 4.90 Å². The Hall–Kier alpha value is -3.80. The number of benzene rings is 2. The lowest BCUT2D eigenvalue weighted by Crippen LogP contribution is -2.40. The van der Waals surface area contributed by atoms with Crippen LogP contribution in [0.1, 0.15) is 28.4 Å². The SMILES string of the molecule is C[C@@H]1Cc2ccccc2N1C(=O)c1cc2cccnc2n(Cc2ccccc2F)c1=O. The molecule has 1 aliphatic rings. The molecule has 0 aliphatic carbocycles. The van der Waals surface area contributed by atoms with Gasteiger partial charge in [-0.3, -0.25) is 14.2 Å². The molecule has 0 radical (unpaired) electrons. The molecule has 4 aromatic rings. The summed E-state index contributed by atoms with van der Waals surface area (Å²) in [5.41, 5.74) is 2.27. The molecule has 0 spiro atoms. The van der Waals surface area contributed by atoms with Crippen LogP contribution in [0.5, 0.6) is 0 Å². The van der Waals surface area contributed by atoms with E-state index in [1.54, 1.807) is 47.5 Å². The van der Waals surface area contributed by atoms with Gasteiger partial charge in [0.05, 0.1) is 6.54 Å². The molecule has 154 valence electrons. The second kappa shape index (κ2) is 7.47. The minimum Gasteiger partial charge on any atom is -0.305 e. The number of amides is 1. The number of hydrogen-bond acceptors (Lipinski definition) is 3. The summed E-state index contributed by atoms with van der Waals surface area (Å²) in [6.45, 7) is 1.96. The summed E-state index contributed by atoms with van der Waals surface area (Å²) in [5, 5.41) is 0.655. The molecule has 1 amide bonds. The zero-order chi connectivity index (χ0) is 21.5. The maximum atomic E-state index is 14.3. The van der Waals surface area contributed by atoms with E-state index in [2.05, 4.69) is 4.98 Å². The molecule has 0 unspecified atom stereocenters. The van der Waals surface area contributed by atoms with E-state index in [9.17, 15) is 14.0 Å². The highest BCUT2D eigenvalue weighted by Crippen LogP contribution is 2.33. The van der Waals surface area contributed by atoms with Crippen molar-refractivity contribution in [2.45, 2.75) is 25.9 Å². The van der Waals surface area contributed by atoms with Crippen LogP contribution in [0.4, 0.5) is 10.1 Å². The molecule has 6 heteroatoms. The number of carbonyl (C=O) groups is 1. The lowest BCUT2D eigenvalue weighted by Gasteiger charge is -2.23. The van der Waals surface area contributed by atoms with Gasteiger partial charge in [0.25, 0.3) is 11.5 Å². The first-order valence-electron chi connectivity index (χ1n) is 10.2. The zero-order valence-corrected chi connectivity index (χ0v) is 17.0. The van der Waals surface area contributed by atoms with Gasteiger partial charge < -0.3 is 4.90 Å². The minimum absolute atomic E-state index is 0.00766. The summed E-state index contributed by atoms with van der Waals surface area (Å²) in [6.07, 6.45) is 2.32. The second-order valence-corrected chi connectivity index (χ2v) is 7.81. The van der Waals surface area contributed by atoms with Crippen molar-refractivity contribution in [1.82, 2.24) is 9.55 Å². The van der Waals surface area contributed by atoms with Crippen molar-refractivity contribution >= 4 is 22.6 Å². The minimum atomic E-state index is -0.476. The van der Waals surface area contributed by atoms with Crippen molar-refractivity contribution < 1.29 is 9.18 Å². The number of pyridine rings is 2. The topological polar surface area (TPSA) is 55.2 Å². The first-order chi connectivity index (χ1) is 15.0. The molecule has 2 aromatic heterocycles. The molecule has 5 nitrogen and oxygen atoms in total. The van der Waals surface area contributed by atoms with Crippen LogP contribution in [0.2, 0.25) is 0 Å². The average Bonchev–Trinajstić information content (AvgIpc) is 3.12. The first-order valence-corrected chi connectivity index (χ1v) is 10.2. The maximum Gasteiger partial charge on any atom is 0.265 e. The van der Waals surface area contributed by atoms with Gasteiger partial charge in [-0.2, -0.15) is 0 Å². The van der Waals surface area contributed by atoms with Crippen molar-refractivity contribution in [1.29, 1.82) is 0 Å². The van der Waals surface area contributed by atoms with Crippen LogP contribution in [0.3, 0.4) is 0 Å². The Kier molecular flexibility index (Phi) is 4.62. The summed E-state index contributed by atoms with van der Waals surface area (Å²) in [4.78, 5) is 33.1. The number of hydrogen-bond donors (Lipinski definition) is 0. The van der Waals surface area contributed by atoms with Gasteiger partial charge in [0.2, 0.25) is 0 Å². The van der Waals surface area contributed by atoms with Crippen molar-refractivity contribution in [3.8, 4) is 0 Å². The summed E-state index contributed by atoms with van der Waals surface area (Å²) in [6, 6.07) is 19.1. The van der Waals surface area contributed by atoms with Crippen LogP contribution in [0, 0.1) is 5.82 Å².